The van der Waals surface area contributed by atoms with Gasteiger partial charge < -0.3 is 14.6 Å². The molecule has 0 radical (unpaired) electrons. The van der Waals surface area contributed by atoms with E-state index in [4.69, 9.17) is 0 Å². The van der Waals surface area contributed by atoms with Crippen molar-refractivity contribution in [3.8, 4) is 0 Å². The van der Waals surface area contributed by atoms with Gasteiger partial charge in [-0.15, -0.1) is 0 Å². The average molecular weight is 307 g/mol. The Morgan fingerprint density at radius 1 is 1.41 bits per heavy atom. The first-order valence-corrected chi connectivity index (χ1v) is 7.18. The van der Waals surface area contributed by atoms with Gasteiger partial charge in [-0.05, 0) is 18.8 Å². The summed E-state index contributed by atoms with van der Waals surface area (Å²) in [7, 11) is 1.44. The molecule has 2 aliphatic rings. The number of hydrogen-bond acceptors (Lipinski definition) is 4. The summed E-state index contributed by atoms with van der Waals surface area (Å²) in [4.78, 5) is 50.8. The predicted molar refractivity (Wildman–Crippen MR) is 75.6 cm³/mol. The number of carbonyl (C=O) groups is 2. The number of aliphatic carboxylic acids is 1. The number of hydrogen-bond donors (Lipinski definition) is 2. The number of aromatic nitrogens is 2. The number of aryl methyl sites for hydroxylation is 1. The SMILES string of the molecule is Cn1cc(C(=O)N2C[C@@H]3CCC[C@@]3(C(=O)O)C2)c(=O)[nH]c1=O. The van der Waals surface area contributed by atoms with Crippen molar-refractivity contribution in [2.75, 3.05) is 13.1 Å². The molecule has 118 valence electrons. The van der Waals surface area contributed by atoms with E-state index in [1.807, 2.05) is 0 Å². The maximum Gasteiger partial charge on any atom is 0.328 e. The van der Waals surface area contributed by atoms with Crippen molar-refractivity contribution in [1.82, 2.24) is 14.5 Å². The number of amides is 1. The molecule has 0 bridgehead atoms. The molecule has 1 aromatic heterocycles. The number of nitrogens with one attached hydrogen (secondary N) is 1. The summed E-state index contributed by atoms with van der Waals surface area (Å²) < 4.78 is 1.12. The van der Waals surface area contributed by atoms with Crippen molar-refractivity contribution in [2.24, 2.45) is 18.4 Å². The fraction of sp³-hybridized carbons (Fsp3) is 0.571. The zero-order valence-corrected chi connectivity index (χ0v) is 12.2. The first-order chi connectivity index (χ1) is 10.3. The summed E-state index contributed by atoms with van der Waals surface area (Å²) in [6.45, 7) is 0.460. The van der Waals surface area contributed by atoms with Crippen molar-refractivity contribution in [2.45, 2.75) is 19.3 Å². The summed E-state index contributed by atoms with van der Waals surface area (Å²) in [5.41, 5.74) is -2.36. The Hall–Kier alpha value is -2.38. The third-order valence-electron chi connectivity index (χ3n) is 4.92. The number of likely N-dealkylation sites (tertiary alicyclic amines) is 1. The van der Waals surface area contributed by atoms with Crippen LogP contribution >= 0.6 is 0 Å². The first kappa shape index (κ1) is 14.6. The summed E-state index contributed by atoms with van der Waals surface area (Å²) in [6, 6.07) is 0. The second-order valence-corrected chi connectivity index (χ2v) is 6.15. The molecule has 2 atom stereocenters. The number of H-pyrrole nitrogens is 1. The molecule has 1 saturated carbocycles. The number of nitrogens with zero attached hydrogens (tertiary/aromatic N) is 2. The molecule has 0 spiro atoms. The van der Waals surface area contributed by atoms with Crippen molar-refractivity contribution in [3.63, 3.8) is 0 Å². The highest BCUT2D eigenvalue weighted by molar-refractivity contribution is 5.94. The smallest absolute Gasteiger partial charge is 0.328 e. The van der Waals surface area contributed by atoms with E-state index in [-0.39, 0.29) is 18.0 Å². The molecule has 2 N–H and O–H groups in total. The van der Waals surface area contributed by atoms with E-state index in [0.717, 1.165) is 17.4 Å². The Morgan fingerprint density at radius 2 is 2.14 bits per heavy atom. The van der Waals surface area contributed by atoms with Gasteiger partial charge in [-0.25, -0.2) is 4.79 Å². The zero-order valence-electron chi connectivity index (χ0n) is 12.2. The molecule has 0 unspecified atom stereocenters. The van der Waals surface area contributed by atoms with Crippen molar-refractivity contribution < 1.29 is 14.7 Å². The molecule has 0 aromatic carbocycles. The summed E-state index contributed by atoms with van der Waals surface area (Å²) >= 11 is 0. The van der Waals surface area contributed by atoms with E-state index in [1.165, 1.54) is 18.1 Å². The third-order valence-corrected chi connectivity index (χ3v) is 4.92. The summed E-state index contributed by atoms with van der Waals surface area (Å²) in [6.07, 6.45) is 3.38. The first-order valence-electron chi connectivity index (χ1n) is 7.18. The highest BCUT2D eigenvalue weighted by Gasteiger charge is 2.55. The minimum Gasteiger partial charge on any atom is -0.481 e. The Labute approximate surface area is 125 Å². The predicted octanol–water partition coefficient (Wildman–Crippen LogP) is -0.599. The van der Waals surface area contributed by atoms with E-state index in [0.29, 0.717) is 13.0 Å². The standard InChI is InChI=1S/C14H17N3O5/c1-16-6-9(10(18)15-13(16)22)11(19)17-5-8-3-2-4-14(8,7-17)12(20)21/h6,8H,2-5,7H2,1H3,(H,20,21)(H,15,18,22)/t8-,14+/m0/s1. The van der Waals surface area contributed by atoms with Crippen molar-refractivity contribution in [1.29, 1.82) is 0 Å². The molecule has 1 amide bonds. The molecule has 2 fully saturated rings. The molecule has 1 aliphatic heterocycles. The van der Waals surface area contributed by atoms with Gasteiger partial charge >= 0.3 is 11.7 Å². The number of carboxylic acids is 1. The molecule has 2 heterocycles. The van der Waals surface area contributed by atoms with Gasteiger partial charge in [0.2, 0.25) is 0 Å². The van der Waals surface area contributed by atoms with Crippen LogP contribution < -0.4 is 11.2 Å². The Balaban J connectivity index is 1.92. The van der Waals surface area contributed by atoms with Gasteiger partial charge in [-0.3, -0.25) is 19.4 Å². The fourth-order valence-electron chi connectivity index (χ4n) is 3.68. The van der Waals surface area contributed by atoms with Gasteiger partial charge in [0.25, 0.3) is 11.5 Å². The Bertz CT molecular complexity index is 764. The molecule has 22 heavy (non-hydrogen) atoms. The second-order valence-electron chi connectivity index (χ2n) is 6.15. The summed E-state index contributed by atoms with van der Waals surface area (Å²) in [5.74, 6) is -1.47. The minimum absolute atomic E-state index is 0.0689. The molecular weight excluding hydrogens is 290 g/mol. The average Bonchev–Trinajstić information content (AvgIpc) is 2.99. The topological polar surface area (TPSA) is 112 Å². The van der Waals surface area contributed by atoms with E-state index in [1.54, 1.807) is 0 Å². The van der Waals surface area contributed by atoms with Crippen LogP contribution in [-0.4, -0.2) is 44.5 Å². The van der Waals surface area contributed by atoms with Crippen LogP contribution in [0.4, 0.5) is 0 Å². The van der Waals surface area contributed by atoms with Gasteiger partial charge in [0.05, 0.1) is 5.41 Å². The highest BCUT2D eigenvalue weighted by Crippen LogP contribution is 2.49. The van der Waals surface area contributed by atoms with Crippen LogP contribution in [0.5, 0.6) is 0 Å². The number of fused-ring (bicyclic) bond motifs is 1. The number of rotatable bonds is 2. The van der Waals surface area contributed by atoms with Crippen LogP contribution in [0.3, 0.4) is 0 Å². The largest absolute Gasteiger partial charge is 0.481 e. The molecule has 1 aromatic rings. The molecule has 1 aliphatic carbocycles. The lowest BCUT2D eigenvalue weighted by atomic mass is 9.81. The lowest BCUT2D eigenvalue weighted by Crippen LogP contribution is -2.40. The molecular formula is C14H17N3O5. The van der Waals surface area contributed by atoms with Gasteiger partial charge in [0, 0.05) is 26.3 Å². The van der Waals surface area contributed by atoms with Crippen LogP contribution in [0.15, 0.2) is 15.8 Å². The molecule has 8 heteroatoms. The van der Waals surface area contributed by atoms with Crippen LogP contribution in [-0.2, 0) is 11.8 Å². The lowest BCUT2D eigenvalue weighted by Gasteiger charge is -2.23. The van der Waals surface area contributed by atoms with Crippen molar-refractivity contribution in [3.05, 3.63) is 32.6 Å². The molecule has 3 rings (SSSR count). The Morgan fingerprint density at radius 3 is 2.77 bits per heavy atom. The normalized spacial score (nSPS) is 27.0. The van der Waals surface area contributed by atoms with Crippen LogP contribution in [0.2, 0.25) is 0 Å². The van der Waals surface area contributed by atoms with Crippen LogP contribution in [0.1, 0.15) is 29.6 Å². The zero-order chi connectivity index (χ0) is 16.1. The van der Waals surface area contributed by atoms with Crippen molar-refractivity contribution >= 4 is 11.9 Å². The number of aromatic amines is 1. The quantitative estimate of drug-likeness (QED) is 0.757. The monoisotopic (exact) mass is 307 g/mol. The van der Waals surface area contributed by atoms with Crippen LogP contribution in [0, 0.1) is 11.3 Å². The van der Waals surface area contributed by atoms with E-state index in [9.17, 15) is 24.3 Å². The van der Waals surface area contributed by atoms with Gasteiger partial charge in [-0.1, -0.05) is 6.42 Å². The van der Waals surface area contributed by atoms with E-state index >= 15 is 0 Å². The maximum absolute atomic E-state index is 12.5. The fourth-order valence-corrected chi connectivity index (χ4v) is 3.68. The van der Waals surface area contributed by atoms with Gasteiger partial charge in [0.15, 0.2) is 0 Å². The third kappa shape index (κ3) is 1.98. The van der Waals surface area contributed by atoms with E-state index < -0.39 is 28.5 Å². The number of carbonyl (C=O) groups excluding carboxylic acids is 1. The van der Waals surface area contributed by atoms with E-state index in [2.05, 4.69) is 4.98 Å². The molecule has 8 nitrogen and oxygen atoms in total. The van der Waals surface area contributed by atoms with Gasteiger partial charge in [0.1, 0.15) is 5.56 Å². The lowest BCUT2D eigenvalue weighted by molar-refractivity contribution is -0.149. The minimum atomic E-state index is -0.886. The molecule has 1 saturated heterocycles. The Kier molecular flexibility index (Phi) is 3.19. The second kappa shape index (κ2) is 4.82. The van der Waals surface area contributed by atoms with Gasteiger partial charge in [-0.2, -0.15) is 0 Å². The summed E-state index contributed by atoms with van der Waals surface area (Å²) in [5, 5.41) is 9.53. The number of carboxylic acid groups (broad SMARTS) is 1. The highest BCUT2D eigenvalue weighted by atomic mass is 16.4. The maximum atomic E-state index is 12.5. The van der Waals surface area contributed by atoms with Crippen LogP contribution in [0.25, 0.3) is 0 Å².